The quantitative estimate of drug-likeness (QED) is 0.767. The van der Waals surface area contributed by atoms with Crippen LogP contribution in [0.1, 0.15) is 36.0 Å². The average Bonchev–Trinajstić information content (AvgIpc) is 2.98. The monoisotopic (exact) mass is 264 g/mol. The zero-order valence-corrected chi connectivity index (χ0v) is 11.7. The predicted molar refractivity (Wildman–Crippen MR) is 72.4 cm³/mol. The van der Waals surface area contributed by atoms with Gasteiger partial charge in [0.2, 0.25) is 5.75 Å². The molecule has 0 aliphatic heterocycles. The highest BCUT2D eigenvalue weighted by molar-refractivity contribution is 5.99. The molecule has 1 aromatic rings. The number of carbonyl (C=O) groups is 1. The Morgan fingerprint density at radius 2 is 1.53 bits per heavy atom. The molecule has 0 bridgehead atoms. The fourth-order valence-electron chi connectivity index (χ4n) is 2.65. The number of hydrogen-bond acceptors (Lipinski definition) is 4. The second-order valence-corrected chi connectivity index (χ2v) is 4.76. The first-order valence-corrected chi connectivity index (χ1v) is 6.55. The minimum atomic E-state index is 0.141. The maximum atomic E-state index is 12.4. The molecule has 0 N–H and O–H groups in total. The Balaban J connectivity index is 2.37. The lowest BCUT2D eigenvalue weighted by molar-refractivity contribution is 0.0922. The Kier molecular flexibility index (Phi) is 4.30. The van der Waals surface area contributed by atoms with Gasteiger partial charge in [-0.25, -0.2) is 0 Å². The van der Waals surface area contributed by atoms with Crippen LogP contribution in [-0.2, 0) is 0 Å². The van der Waals surface area contributed by atoms with Gasteiger partial charge in [-0.2, -0.15) is 0 Å². The first-order chi connectivity index (χ1) is 9.21. The molecule has 0 amide bonds. The summed E-state index contributed by atoms with van der Waals surface area (Å²) < 4.78 is 15.8. The third-order valence-electron chi connectivity index (χ3n) is 3.68. The van der Waals surface area contributed by atoms with E-state index in [2.05, 4.69) is 0 Å². The molecule has 1 saturated carbocycles. The van der Waals surface area contributed by atoms with Crippen molar-refractivity contribution in [3.8, 4) is 17.2 Å². The highest BCUT2D eigenvalue weighted by atomic mass is 16.5. The van der Waals surface area contributed by atoms with Gasteiger partial charge < -0.3 is 14.2 Å². The number of ether oxygens (including phenoxy) is 3. The Morgan fingerprint density at radius 1 is 1.00 bits per heavy atom. The van der Waals surface area contributed by atoms with Crippen molar-refractivity contribution < 1.29 is 19.0 Å². The van der Waals surface area contributed by atoms with Gasteiger partial charge in [-0.05, 0) is 25.0 Å². The number of benzene rings is 1. The minimum Gasteiger partial charge on any atom is -0.493 e. The van der Waals surface area contributed by atoms with Gasteiger partial charge in [0.1, 0.15) is 0 Å². The van der Waals surface area contributed by atoms with Crippen LogP contribution in [0.4, 0.5) is 0 Å². The highest BCUT2D eigenvalue weighted by Gasteiger charge is 2.26. The van der Waals surface area contributed by atoms with Gasteiger partial charge in [0, 0.05) is 11.5 Å². The van der Waals surface area contributed by atoms with Crippen LogP contribution in [0, 0.1) is 5.92 Å². The smallest absolute Gasteiger partial charge is 0.203 e. The molecule has 0 radical (unpaired) electrons. The van der Waals surface area contributed by atoms with E-state index >= 15 is 0 Å². The molecule has 0 heterocycles. The summed E-state index contributed by atoms with van der Waals surface area (Å²) in [4.78, 5) is 12.4. The third-order valence-corrected chi connectivity index (χ3v) is 3.68. The van der Waals surface area contributed by atoms with Crippen LogP contribution in [0.5, 0.6) is 17.2 Å². The summed E-state index contributed by atoms with van der Waals surface area (Å²) in [5.74, 6) is 1.90. The molecule has 4 heteroatoms. The summed E-state index contributed by atoms with van der Waals surface area (Å²) in [6.07, 6.45) is 4.24. The second kappa shape index (κ2) is 5.95. The van der Waals surface area contributed by atoms with Crippen molar-refractivity contribution in [2.75, 3.05) is 21.3 Å². The third kappa shape index (κ3) is 2.67. The summed E-state index contributed by atoms with van der Waals surface area (Å²) in [6.45, 7) is 0. The van der Waals surface area contributed by atoms with Gasteiger partial charge in [0.15, 0.2) is 17.3 Å². The number of rotatable bonds is 5. The van der Waals surface area contributed by atoms with Crippen molar-refractivity contribution in [1.82, 2.24) is 0 Å². The molecule has 4 nitrogen and oxygen atoms in total. The SMILES string of the molecule is COc1cc(C(=O)C2CCCC2)cc(OC)c1OC. The van der Waals surface area contributed by atoms with Crippen molar-refractivity contribution in [1.29, 1.82) is 0 Å². The van der Waals surface area contributed by atoms with Gasteiger partial charge >= 0.3 is 0 Å². The Hall–Kier alpha value is -1.71. The number of Topliss-reactive ketones (excluding diaryl/α,β-unsaturated/α-hetero) is 1. The lowest BCUT2D eigenvalue weighted by Crippen LogP contribution is -2.11. The largest absolute Gasteiger partial charge is 0.493 e. The molecular formula is C15H20O4. The van der Waals surface area contributed by atoms with Gasteiger partial charge in [-0.15, -0.1) is 0 Å². The topological polar surface area (TPSA) is 44.8 Å². The summed E-state index contributed by atoms with van der Waals surface area (Å²) >= 11 is 0. The molecule has 0 spiro atoms. The summed E-state index contributed by atoms with van der Waals surface area (Å²) in [5.41, 5.74) is 0.640. The van der Waals surface area contributed by atoms with E-state index < -0.39 is 0 Å². The van der Waals surface area contributed by atoms with E-state index in [1.807, 2.05) is 0 Å². The fraction of sp³-hybridized carbons (Fsp3) is 0.533. The second-order valence-electron chi connectivity index (χ2n) is 4.76. The van der Waals surface area contributed by atoms with Crippen LogP contribution in [0.3, 0.4) is 0 Å². The van der Waals surface area contributed by atoms with Crippen LogP contribution >= 0.6 is 0 Å². The molecular weight excluding hydrogens is 244 g/mol. The zero-order chi connectivity index (χ0) is 13.8. The number of carbonyl (C=O) groups excluding carboxylic acids is 1. The molecule has 104 valence electrons. The lowest BCUT2D eigenvalue weighted by Gasteiger charge is -2.15. The van der Waals surface area contributed by atoms with E-state index in [9.17, 15) is 4.79 Å². The van der Waals surface area contributed by atoms with E-state index in [0.717, 1.165) is 25.7 Å². The standard InChI is InChI=1S/C15H20O4/c1-17-12-8-11(9-13(18-2)15(12)19-3)14(16)10-6-4-5-7-10/h8-10H,4-7H2,1-3H3. The van der Waals surface area contributed by atoms with Crippen LogP contribution in [-0.4, -0.2) is 27.1 Å². The van der Waals surface area contributed by atoms with Gasteiger partial charge in [0.25, 0.3) is 0 Å². The maximum Gasteiger partial charge on any atom is 0.203 e. The van der Waals surface area contributed by atoms with E-state index in [0.29, 0.717) is 22.8 Å². The molecule has 1 aromatic carbocycles. The molecule has 0 atom stereocenters. The van der Waals surface area contributed by atoms with Crippen molar-refractivity contribution >= 4 is 5.78 Å². The first kappa shape index (κ1) is 13.7. The van der Waals surface area contributed by atoms with Crippen molar-refractivity contribution in [3.63, 3.8) is 0 Å². The zero-order valence-electron chi connectivity index (χ0n) is 11.7. The Bertz CT molecular complexity index is 436. The van der Waals surface area contributed by atoms with E-state index in [1.165, 1.54) is 0 Å². The van der Waals surface area contributed by atoms with Crippen LogP contribution in [0.25, 0.3) is 0 Å². The molecule has 2 rings (SSSR count). The van der Waals surface area contributed by atoms with Gasteiger partial charge in [0.05, 0.1) is 21.3 Å². The normalized spacial score (nSPS) is 15.3. The Labute approximate surface area is 113 Å². The number of methoxy groups -OCH3 is 3. The van der Waals surface area contributed by atoms with Crippen LogP contribution in [0.2, 0.25) is 0 Å². The van der Waals surface area contributed by atoms with Crippen molar-refractivity contribution in [2.24, 2.45) is 5.92 Å². The predicted octanol–water partition coefficient (Wildman–Crippen LogP) is 3.09. The van der Waals surface area contributed by atoms with Crippen LogP contribution < -0.4 is 14.2 Å². The summed E-state index contributed by atoms with van der Waals surface area (Å²) in [5, 5.41) is 0. The van der Waals surface area contributed by atoms with E-state index in [1.54, 1.807) is 33.5 Å². The molecule has 19 heavy (non-hydrogen) atoms. The Morgan fingerprint density at radius 3 is 1.95 bits per heavy atom. The summed E-state index contributed by atoms with van der Waals surface area (Å²) in [6, 6.07) is 3.48. The van der Waals surface area contributed by atoms with E-state index in [4.69, 9.17) is 14.2 Å². The number of hydrogen-bond donors (Lipinski definition) is 0. The molecule has 0 saturated heterocycles. The molecule has 0 unspecified atom stereocenters. The van der Waals surface area contributed by atoms with Crippen molar-refractivity contribution in [2.45, 2.75) is 25.7 Å². The average molecular weight is 264 g/mol. The van der Waals surface area contributed by atoms with Crippen molar-refractivity contribution in [3.05, 3.63) is 17.7 Å². The highest BCUT2D eigenvalue weighted by Crippen LogP contribution is 2.39. The summed E-state index contributed by atoms with van der Waals surface area (Å²) in [7, 11) is 4.67. The van der Waals surface area contributed by atoms with Gasteiger partial charge in [-0.3, -0.25) is 4.79 Å². The van der Waals surface area contributed by atoms with E-state index in [-0.39, 0.29) is 11.7 Å². The molecule has 1 aliphatic rings. The molecule has 0 aromatic heterocycles. The van der Waals surface area contributed by atoms with Gasteiger partial charge in [-0.1, -0.05) is 12.8 Å². The molecule has 1 aliphatic carbocycles. The number of ketones is 1. The molecule has 1 fully saturated rings. The first-order valence-electron chi connectivity index (χ1n) is 6.55. The lowest BCUT2D eigenvalue weighted by atomic mass is 9.96. The maximum absolute atomic E-state index is 12.4. The minimum absolute atomic E-state index is 0.141. The van der Waals surface area contributed by atoms with Crippen LogP contribution in [0.15, 0.2) is 12.1 Å². The fourth-order valence-corrected chi connectivity index (χ4v) is 2.65.